The largest absolute Gasteiger partial charge is 0.455 e. The van der Waals surface area contributed by atoms with Crippen molar-refractivity contribution in [1.82, 2.24) is 9.13 Å². The molecule has 0 fully saturated rings. The van der Waals surface area contributed by atoms with Gasteiger partial charge in [-0.25, -0.2) is 0 Å². The van der Waals surface area contributed by atoms with Crippen LogP contribution < -0.4 is 9.80 Å². The first-order valence-corrected chi connectivity index (χ1v) is 22.1. The topological polar surface area (TPSA) is 29.5 Å². The third-order valence-corrected chi connectivity index (χ3v) is 12.8. The fourth-order valence-corrected chi connectivity index (χ4v) is 10.1. The Labute approximate surface area is 375 Å². The van der Waals surface area contributed by atoms with Gasteiger partial charge in [0.25, 0.3) is 0 Å². The molecule has 3 heterocycles. The molecule has 0 spiro atoms. The number of rotatable bonds is 8. The quantitative estimate of drug-likeness (QED) is 0.153. The molecule has 5 heteroatoms. The number of fused-ring (bicyclic) bond motifs is 11. The molecule has 0 unspecified atom stereocenters. The van der Waals surface area contributed by atoms with Gasteiger partial charge in [0.05, 0.1) is 44.2 Å². The van der Waals surface area contributed by atoms with E-state index in [0.29, 0.717) is 0 Å². The Bertz CT molecular complexity index is 3780. The lowest BCUT2D eigenvalue weighted by Gasteiger charge is -2.30. The number of aromatic nitrogens is 2. The molecule has 306 valence electrons. The van der Waals surface area contributed by atoms with Crippen LogP contribution in [0.5, 0.6) is 0 Å². The minimum atomic E-state index is 0.860. The molecular weight excluding hydrogens is 793 g/mol. The van der Waals surface area contributed by atoms with Crippen molar-refractivity contribution in [3.05, 3.63) is 243 Å². The Kier molecular flexibility index (Phi) is 8.46. The summed E-state index contributed by atoms with van der Waals surface area (Å²) in [6, 6.07) is 86.6. The Balaban J connectivity index is 1.22. The molecule has 0 amide bonds. The van der Waals surface area contributed by atoms with E-state index in [1.807, 2.05) is 0 Å². The van der Waals surface area contributed by atoms with Gasteiger partial charge >= 0.3 is 0 Å². The van der Waals surface area contributed by atoms with Gasteiger partial charge in [-0.2, -0.15) is 0 Å². The summed E-state index contributed by atoms with van der Waals surface area (Å²) in [4.78, 5) is 4.77. The molecule has 0 saturated heterocycles. The number of furan rings is 1. The van der Waals surface area contributed by atoms with E-state index in [4.69, 9.17) is 4.42 Å². The lowest BCUT2D eigenvalue weighted by molar-refractivity contribution is 0.677. The Hall–Kier alpha value is -8.80. The van der Waals surface area contributed by atoms with Crippen LogP contribution in [0.1, 0.15) is 0 Å². The molecule has 13 rings (SSSR count). The number of hydrogen-bond donors (Lipinski definition) is 0. The van der Waals surface area contributed by atoms with Crippen LogP contribution in [-0.2, 0) is 0 Å². The number of nitrogens with zero attached hydrogens (tertiary/aromatic N) is 4. The highest BCUT2D eigenvalue weighted by Crippen LogP contribution is 2.51. The van der Waals surface area contributed by atoms with E-state index in [-0.39, 0.29) is 0 Å². The van der Waals surface area contributed by atoms with Gasteiger partial charge in [0.1, 0.15) is 11.2 Å². The van der Waals surface area contributed by atoms with E-state index in [9.17, 15) is 0 Å². The number of para-hydroxylation sites is 7. The minimum absolute atomic E-state index is 0.860. The summed E-state index contributed by atoms with van der Waals surface area (Å²) in [5.41, 5.74) is 14.6. The van der Waals surface area contributed by atoms with Crippen molar-refractivity contribution in [2.24, 2.45) is 0 Å². The first-order chi connectivity index (χ1) is 32.3. The van der Waals surface area contributed by atoms with Crippen molar-refractivity contribution in [1.29, 1.82) is 0 Å². The molecule has 0 aliphatic rings. The normalized spacial score (nSPS) is 11.7. The number of anilines is 6. The summed E-state index contributed by atoms with van der Waals surface area (Å²) >= 11 is 0. The third-order valence-electron chi connectivity index (χ3n) is 12.8. The van der Waals surface area contributed by atoms with Crippen molar-refractivity contribution in [2.75, 3.05) is 9.80 Å². The average molecular weight is 833 g/mol. The van der Waals surface area contributed by atoms with Crippen LogP contribution >= 0.6 is 0 Å². The van der Waals surface area contributed by atoms with Crippen molar-refractivity contribution >= 4 is 99.7 Å². The molecule has 5 nitrogen and oxygen atoms in total. The summed E-state index contributed by atoms with van der Waals surface area (Å²) in [6.45, 7) is 0. The number of benzene rings is 10. The zero-order chi connectivity index (χ0) is 42.8. The summed E-state index contributed by atoms with van der Waals surface area (Å²) in [5.74, 6) is 0. The molecule has 0 N–H and O–H groups in total. The minimum Gasteiger partial charge on any atom is -0.455 e. The van der Waals surface area contributed by atoms with Gasteiger partial charge in [0, 0.05) is 55.7 Å². The van der Waals surface area contributed by atoms with E-state index >= 15 is 0 Å². The van der Waals surface area contributed by atoms with E-state index in [0.717, 1.165) is 111 Å². The van der Waals surface area contributed by atoms with Crippen LogP contribution in [0.25, 0.3) is 76.9 Å². The fourth-order valence-electron chi connectivity index (χ4n) is 10.1. The van der Waals surface area contributed by atoms with Gasteiger partial charge in [-0.15, -0.1) is 0 Å². The fraction of sp³-hybridized carbons (Fsp3) is 0. The summed E-state index contributed by atoms with van der Waals surface area (Å²) < 4.78 is 12.3. The van der Waals surface area contributed by atoms with Crippen LogP contribution in [0.3, 0.4) is 0 Å². The van der Waals surface area contributed by atoms with Gasteiger partial charge < -0.3 is 23.4 Å². The highest BCUT2D eigenvalue weighted by atomic mass is 16.3. The van der Waals surface area contributed by atoms with Gasteiger partial charge in [-0.3, -0.25) is 0 Å². The Morgan fingerprint density at radius 2 is 0.692 bits per heavy atom. The maximum absolute atomic E-state index is 7.50. The van der Waals surface area contributed by atoms with Gasteiger partial charge in [0.2, 0.25) is 0 Å². The highest BCUT2D eigenvalue weighted by Gasteiger charge is 2.28. The molecule has 0 atom stereocenters. The molecule has 0 radical (unpaired) electrons. The third kappa shape index (κ3) is 5.79. The smallest absolute Gasteiger partial charge is 0.145 e. The zero-order valence-corrected chi connectivity index (χ0v) is 35.3. The van der Waals surface area contributed by atoms with Crippen LogP contribution in [-0.4, -0.2) is 9.13 Å². The predicted octanol–water partition coefficient (Wildman–Crippen LogP) is 16.7. The lowest BCUT2D eigenvalue weighted by Crippen LogP contribution is -2.14. The van der Waals surface area contributed by atoms with Gasteiger partial charge in [-0.05, 0) is 115 Å². The first-order valence-electron chi connectivity index (χ1n) is 22.1. The standard InChI is InChI=1S/C60H40N4O/c1-7-21-41(22-8-1)61(42-23-9-2-10-24-42)47-39-54(62(43-25-11-3-12-26-43)44-27-13-4-14-28-44)57-55(40-47)64(46-31-17-6-18-32-46)53-38-36-49-48-35-37-52-56(59(48)65-60(49)58(53)57)50-33-19-20-34-51(50)63(52)45-29-15-5-16-30-45/h1-40H. The highest BCUT2D eigenvalue weighted by molar-refractivity contribution is 6.31. The van der Waals surface area contributed by atoms with Crippen LogP contribution in [0.2, 0.25) is 0 Å². The zero-order valence-electron chi connectivity index (χ0n) is 35.3. The van der Waals surface area contributed by atoms with Crippen LogP contribution in [0.15, 0.2) is 247 Å². The summed E-state index contributed by atoms with van der Waals surface area (Å²) in [6.07, 6.45) is 0. The second kappa shape index (κ2) is 14.9. The second-order valence-electron chi connectivity index (χ2n) is 16.5. The van der Waals surface area contributed by atoms with Crippen molar-refractivity contribution < 1.29 is 4.42 Å². The molecule has 0 aliphatic heterocycles. The molecule has 10 aromatic carbocycles. The second-order valence-corrected chi connectivity index (χ2v) is 16.5. The van der Waals surface area contributed by atoms with Crippen molar-refractivity contribution in [2.45, 2.75) is 0 Å². The van der Waals surface area contributed by atoms with Gasteiger partial charge in [0.15, 0.2) is 0 Å². The molecule has 0 aliphatic carbocycles. The predicted molar refractivity (Wildman–Crippen MR) is 272 cm³/mol. The Morgan fingerprint density at radius 3 is 1.22 bits per heavy atom. The summed E-state index contributed by atoms with van der Waals surface area (Å²) in [5, 5.41) is 6.58. The van der Waals surface area contributed by atoms with Crippen molar-refractivity contribution in [3.8, 4) is 11.4 Å². The van der Waals surface area contributed by atoms with Gasteiger partial charge in [-0.1, -0.05) is 127 Å². The molecule has 13 aromatic rings. The van der Waals surface area contributed by atoms with Crippen molar-refractivity contribution in [3.63, 3.8) is 0 Å². The van der Waals surface area contributed by atoms with E-state index in [1.165, 1.54) is 0 Å². The first kappa shape index (κ1) is 36.8. The molecule has 65 heavy (non-hydrogen) atoms. The molecular formula is C60H40N4O. The SMILES string of the molecule is c1ccc(N(c2ccccc2)c2cc(N(c3ccccc3)c3ccccc3)c3c4c5oc6c(ccc7c6c6ccccc6n7-c6ccccc6)c5ccc4n(-c4ccccc4)c3c2)cc1. The Morgan fingerprint density at radius 1 is 0.277 bits per heavy atom. The molecule has 3 aromatic heterocycles. The van der Waals surface area contributed by atoms with E-state index < -0.39 is 0 Å². The summed E-state index contributed by atoms with van der Waals surface area (Å²) in [7, 11) is 0. The van der Waals surface area contributed by atoms with E-state index in [2.05, 4.69) is 262 Å². The number of hydrogen-bond acceptors (Lipinski definition) is 3. The van der Waals surface area contributed by atoms with Crippen LogP contribution in [0, 0.1) is 0 Å². The maximum atomic E-state index is 7.50. The maximum Gasteiger partial charge on any atom is 0.145 e. The molecule has 0 bridgehead atoms. The monoisotopic (exact) mass is 832 g/mol. The van der Waals surface area contributed by atoms with E-state index in [1.54, 1.807) is 0 Å². The molecule has 0 saturated carbocycles. The average Bonchev–Trinajstić information content (AvgIpc) is 4.04. The lowest BCUT2D eigenvalue weighted by atomic mass is 10.0. The van der Waals surface area contributed by atoms with Crippen LogP contribution in [0.4, 0.5) is 34.1 Å².